The fourth-order valence-electron chi connectivity index (χ4n) is 5.34. The topological polar surface area (TPSA) is 45.0 Å². The average molecular weight is 265 g/mol. The standard InChI is InChI=1S/C15H24N2O2/c18-14-6-3-5-13-11-8-10(9-17(13)14)12-4-1-2-7-16(12)15(11)19/h10-13,15,19H,1-9H2/p+1/t10-,11+,12?,13+,15?/m0/s1. The summed E-state index contributed by atoms with van der Waals surface area (Å²) in [6.07, 6.45) is 7.60. The van der Waals surface area contributed by atoms with Crippen LogP contribution in [0.3, 0.4) is 0 Å². The zero-order valence-corrected chi connectivity index (χ0v) is 11.6. The third kappa shape index (κ3) is 1.76. The number of piperidine rings is 4. The fraction of sp³-hybridized carbons (Fsp3) is 0.933. The van der Waals surface area contributed by atoms with Crippen molar-refractivity contribution in [2.45, 2.75) is 63.3 Å². The molecule has 6 atom stereocenters. The molecule has 106 valence electrons. The van der Waals surface area contributed by atoms with E-state index in [4.69, 9.17) is 0 Å². The molecule has 4 heterocycles. The number of nitrogens with one attached hydrogen (secondary N) is 1. The van der Waals surface area contributed by atoms with Crippen LogP contribution in [0.4, 0.5) is 0 Å². The zero-order valence-electron chi connectivity index (χ0n) is 11.6. The highest BCUT2D eigenvalue weighted by Crippen LogP contribution is 2.39. The fourth-order valence-corrected chi connectivity index (χ4v) is 5.34. The Kier molecular flexibility index (Phi) is 2.85. The van der Waals surface area contributed by atoms with Crippen molar-refractivity contribution in [3.05, 3.63) is 0 Å². The van der Waals surface area contributed by atoms with Crippen molar-refractivity contribution in [1.82, 2.24) is 4.90 Å². The van der Waals surface area contributed by atoms with Gasteiger partial charge in [-0.05, 0) is 32.1 Å². The van der Waals surface area contributed by atoms with Gasteiger partial charge in [0.05, 0.1) is 18.5 Å². The van der Waals surface area contributed by atoms with E-state index in [9.17, 15) is 9.90 Å². The molecule has 4 rings (SSSR count). The normalized spacial score (nSPS) is 49.5. The first-order chi connectivity index (χ1) is 9.25. The van der Waals surface area contributed by atoms with Crippen LogP contribution in [0.5, 0.6) is 0 Å². The van der Waals surface area contributed by atoms with Crippen LogP contribution in [-0.2, 0) is 4.79 Å². The highest BCUT2D eigenvalue weighted by atomic mass is 16.3. The first-order valence-corrected chi connectivity index (χ1v) is 8.09. The number of nitrogens with zero attached hydrogens (tertiary/aromatic N) is 1. The van der Waals surface area contributed by atoms with Crippen LogP contribution in [0, 0.1) is 11.8 Å². The molecule has 4 fully saturated rings. The predicted octanol–water partition coefficient (Wildman–Crippen LogP) is -0.227. The Morgan fingerprint density at radius 2 is 2.11 bits per heavy atom. The zero-order chi connectivity index (χ0) is 13.0. The summed E-state index contributed by atoms with van der Waals surface area (Å²) in [5.41, 5.74) is 0. The molecule has 0 radical (unpaired) electrons. The van der Waals surface area contributed by atoms with Gasteiger partial charge in [0.1, 0.15) is 0 Å². The van der Waals surface area contributed by atoms with Gasteiger partial charge in [0, 0.05) is 31.3 Å². The monoisotopic (exact) mass is 265 g/mol. The molecule has 0 aromatic heterocycles. The second-order valence-electron chi connectivity index (χ2n) is 7.04. The van der Waals surface area contributed by atoms with Crippen molar-refractivity contribution in [1.29, 1.82) is 0 Å². The number of hydrogen-bond donors (Lipinski definition) is 2. The van der Waals surface area contributed by atoms with Crippen LogP contribution in [-0.4, -0.2) is 47.3 Å². The number of hydrogen-bond acceptors (Lipinski definition) is 2. The van der Waals surface area contributed by atoms with Gasteiger partial charge in [-0.25, -0.2) is 0 Å². The molecule has 4 aliphatic rings. The Morgan fingerprint density at radius 1 is 1.21 bits per heavy atom. The maximum absolute atomic E-state index is 12.2. The van der Waals surface area contributed by atoms with Gasteiger partial charge in [-0.3, -0.25) is 4.79 Å². The second kappa shape index (κ2) is 4.45. The lowest BCUT2D eigenvalue weighted by Crippen LogP contribution is -3.23. The molecule has 1 amide bonds. The third-order valence-corrected chi connectivity index (χ3v) is 6.17. The van der Waals surface area contributed by atoms with Gasteiger partial charge in [0.15, 0.2) is 6.23 Å². The largest absolute Gasteiger partial charge is 0.345 e. The van der Waals surface area contributed by atoms with Gasteiger partial charge in [0.25, 0.3) is 0 Å². The molecule has 4 aliphatic heterocycles. The van der Waals surface area contributed by atoms with Crippen LogP contribution < -0.4 is 4.90 Å². The summed E-state index contributed by atoms with van der Waals surface area (Å²) in [5, 5.41) is 10.8. The Bertz CT molecular complexity index is 386. The van der Waals surface area contributed by atoms with Gasteiger partial charge in [-0.1, -0.05) is 0 Å². The van der Waals surface area contributed by atoms with Gasteiger partial charge in [0.2, 0.25) is 5.91 Å². The van der Waals surface area contributed by atoms with Gasteiger partial charge in [-0.2, -0.15) is 0 Å². The lowest BCUT2D eigenvalue weighted by molar-refractivity contribution is -0.990. The minimum atomic E-state index is -0.222. The molecule has 0 aliphatic carbocycles. The molecule has 2 bridgehead atoms. The molecular weight excluding hydrogens is 240 g/mol. The third-order valence-electron chi connectivity index (χ3n) is 6.17. The molecule has 4 nitrogen and oxygen atoms in total. The Hall–Kier alpha value is -0.610. The lowest BCUT2D eigenvalue weighted by atomic mass is 9.70. The van der Waals surface area contributed by atoms with Crippen molar-refractivity contribution in [3.8, 4) is 0 Å². The highest BCUT2D eigenvalue weighted by molar-refractivity contribution is 5.77. The van der Waals surface area contributed by atoms with E-state index < -0.39 is 0 Å². The maximum Gasteiger partial charge on any atom is 0.222 e. The average Bonchev–Trinajstić information content (AvgIpc) is 2.45. The molecule has 4 heteroatoms. The van der Waals surface area contributed by atoms with Crippen LogP contribution >= 0.6 is 0 Å². The summed E-state index contributed by atoms with van der Waals surface area (Å²) in [7, 11) is 0. The van der Waals surface area contributed by atoms with Crippen molar-refractivity contribution >= 4 is 5.91 Å². The van der Waals surface area contributed by atoms with E-state index >= 15 is 0 Å². The van der Waals surface area contributed by atoms with Crippen LogP contribution in [0.2, 0.25) is 0 Å². The summed E-state index contributed by atoms with van der Waals surface area (Å²) in [6.45, 7) is 2.11. The van der Waals surface area contributed by atoms with Crippen molar-refractivity contribution in [2.24, 2.45) is 11.8 Å². The second-order valence-corrected chi connectivity index (χ2v) is 7.04. The molecule has 0 saturated carbocycles. The molecule has 19 heavy (non-hydrogen) atoms. The minimum absolute atomic E-state index is 0.222. The smallest absolute Gasteiger partial charge is 0.222 e. The van der Waals surface area contributed by atoms with Crippen LogP contribution in [0.1, 0.15) is 44.9 Å². The van der Waals surface area contributed by atoms with E-state index in [0.29, 0.717) is 29.8 Å². The number of carbonyl (C=O) groups excluding carboxylic acids is 1. The van der Waals surface area contributed by atoms with E-state index in [-0.39, 0.29) is 6.23 Å². The molecule has 0 spiro atoms. The molecular formula is C15H25N2O2+. The van der Waals surface area contributed by atoms with E-state index in [1.807, 2.05) is 0 Å². The van der Waals surface area contributed by atoms with Crippen molar-refractivity contribution in [2.75, 3.05) is 13.1 Å². The molecule has 2 N–H and O–H groups in total. The Labute approximate surface area is 114 Å². The van der Waals surface area contributed by atoms with Crippen molar-refractivity contribution < 1.29 is 14.8 Å². The van der Waals surface area contributed by atoms with E-state index in [1.165, 1.54) is 24.2 Å². The molecule has 3 unspecified atom stereocenters. The number of aliphatic hydroxyl groups is 1. The SMILES string of the molecule is O=C1CCC[C@@H]2[C@H]3C[C@@H](CN12)C1CCCC[NH+]1C3O. The number of carbonyl (C=O) groups is 1. The van der Waals surface area contributed by atoms with E-state index in [1.54, 1.807) is 0 Å². The van der Waals surface area contributed by atoms with Gasteiger partial charge < -0.3 is 14.9 Å². The highest BCUT2D eigenvalue weighted by Gasteiger charge is 2.54. The predicted molar refractivity (Wildman–Crippen MR) is 70.4 cm³/mol. The Morgan fingerprint density at radius 3 is 3.00 bits per heavy atom. The maximum atomic E-state index is 12.2. The quantitative estimate of drug-likeness (QED) is 0.636. The van der Waals surface area contributed by atoms with E-state index in [2.05, 4.69) is 4.90 Å². The number of amides is 1. The van der Waals surface area contributed by atoms with Gasteiger partial charge in [-0.15, -0.1) is 0 Å². The number of aliphatic hydroxyl groups excluding tert-OH is 1. The summed E-state index contributed by atoms with van der Waals surface area (Å²) < 4.78 is 0. The minimum Gasteiger partial charge on any atom is -0.345 e. The molecule has 0 aromatic rings. The summed E-state index contributed by atoms with van der Waals surface area (Å²) in [5.74, 6) is 1.33. The number of quaternary nitrogens is 1. The summed E-state index contributed by atoms with van der Waals surface area (Å²) >= 11 is 0. The van der Waals surface area contributed by atoms with E-state index in [0.717, 1.165) is 38.8 Å². The first-order valence-electron chi connectivity index (χ1n) is 8.09. The lowest BCUT2D eigenvalue weighted by Gasteiger charge is -2.56. The van der Waals surface area contributed by atoms with Gasteiger partial charge >= 0.3 is 0 Å². The van der Waals surface area contributed by atoms with Crippen LogP contribution in [0.25, 0.3) is 0 Å². The first kappa shape index (κ1) is 12.2. The van der Waals surface area contributed by atoms with Crippen molar-refractivity contribution in [3.63, 3.8) is 0 Å². The number of fused-ring (bicyclic) bond motifs is 6. The number of rotatable bonds is 0. The molecule has 4 saturated heterocycles. The molecule has 0 aromatic carbocycles. The summed E-state index contributed by atoms with van der Waals surface area (Å²) in [4.78, 5) is 15.7. The van der Waals surface area contributed by atoms with Crippen LogP contribution in [0.15, 0.2) is 0 Å². The summed E-state index contributed by atoms with van der Waals surface area (Å²) in [6, 6.07) is 0.943. The Balaban J connectivity index is 1.64.